The second-order valence-electron chi connectivity index (χ2n) is 8.95. The second-order valence-corrected chi connectivity index (χ2v) is 8.95. The van der Waals surface area contributed by atoms with Gasteiger partial charge in [0.1, 0.15) is 0 Å². The monoisotopic (exact) mass is 354 g/mol. The van der Waals surface area contributed by atoms with Crippen molar-refractivity contribution in [2.75, 3.05) is 26.2 Å². The SMILES string of the molecule is CCN(CC)C[C@@H]1[C@@H](C)C[C@@]23c4cc(C)c(C)cc4CCN2C(=O)C[C@@H]13. The Kier molecular flexibility index (Phi) is 4.42. The molecular formula is C23H34N2O. The van der Waals surface area contributed by atoms with E-state index >= 15 is 0 Å². The number of carbonyl (C=O) groups is 1. The molecule has 0 N–H and O–H groups in total. The summed E-state index contributed by atoms with van der Waals surface area (Å²) in [7, 11) is 0. The van der Waals surface area contributed by atoms with Crippen LogP contribution in [-0.2, 0) is 16.8 Å². The molecule has 0 radical (unpaired) electrons. The Balaban J connectivity index is 1.80. The van der Waals surface area contributed by atoms with Crippen LogP contribution in [0.4, 0.5) is 0 Å². The van der Waals surface area contributed by atoms with Gasteiger partial charge < -0.3 is 9.80 Å². The summed E-state index contributed by atoms with van der Waals surface area (Å²) >= 11 is 0. The van der Waals surface area contributed by atoms with Gasteiger partial charge in [0.2, 0.25) is 5.91 Å². The van der Waals surface area contributed by atoms with Crippen LogP contribution in [0.15, 0.2) is 12.1 Å². The first-order chi connectivity index (χ1) is 12.4. The van der Waals surface area contributed by atoms with E-state index in [-0.39, 0.29) is 5.54 Å². The number of carbonyl (C=O) groups excluding carboxylic acids is 1. The lowest BCUT2D eigenvalue weighted by molar-refractivity contribution is -0.132. The van der Waals surface area contributed by atoms with Crippen LogP contribution in [0, 0.1) is 31.6 Å². The molecule has 1 aromatic rings. The minimum atomic E-state index is -0.0274. The molecular weight excluding hydrogens is 320 g/mol. The Morgan fingerprint density at radius 3 is 2.58 bits per heavy atom. The Labute approximate surface area is 158 Å². The van der Waals surface area contributed by atoms with E-state index in [4.69, 9.17) is 0 Å². The van der Waals surface area contributed by atoms with Gasteiger partial charge in [-0.25, -0.2) is 0 Å². The summed E-state index contributed by atoms with van der Waals surface area (Å²) in [4.78, 5) is 17.8. The van der Waals surface area contributed by atoms with Gasteiger partial charge in [0.15, 0.2) is 0 Å². The molecule has 2 aliphatic heterocycles. The molecule has 1 amide bonds. The fourth-order valence-corrected chi connectivity index (χ4v) is 6.28. The van der Waals surface area contributed by atoms with Crippen LogP contribution in [0.1, 0.15) is 55.9 Å². The summed E-state index contributed by atoms with van der Waals surface area (Å²) in [5, 5.41) is 0. The summed E-state index contributed by atoms with van der Waals surface area (Å²) in [5.41, 5.74) is 5.72. The number of aryl methyl sites for hydroxylation is 2. The zero-order valence-electron chi connectivity index (χ0n) is 17.1. The van der Waals surface area contributed by atoms with Crippen molar-refractivity contribution in [2.45, 2.75) is 59.4 Å². The number of rotatable bonds is 4. The highest BCUT2D eigenvalue weighted by atomic mass is 16.2. The van der Waals surface area contributed by atoms with Gasteiger partial charge in [-0.1, -0.05) is 32.9 Å². The van der Waals surface area contributed by atoms with Crippen LogP contribution in [0.2, 0.25) is 0 Å². The summed E-state index contributed by atoms with van der Waals surface area (Å²) in [6.45, 7) is 15.6. The third kappa shape index (κ3) is 2.39. The largest absolute Gasteiger partial charge is 0.332 e. The summed E-state index contributed by atoms with van der Waals surface area (Å²) in [6, 6.07) is 4.83. The lowest BCUT2D eigenvalue weighted by Crippen LogP contribution is -2.49. The molecule has 1 saturated heterocycles. The van der Waals surface area contributed by atoms with Crippen molar-refractivity contribution in [3.63, 3.8) is 0 Å². The average Bonchev–Trinajstić information content (AvgIpc) is 3.03. The predicted molar refractivity (Wildman–Crippen MR) is 106 cm³/mol. The Hall–Kier alpha value is -1.35. The zero-order valence-corrected chi connectivity index (χ0v) is 17.1. The molecule has 3 aliphatic rings. The summed E-state index contributed by atoms with van der Waals surface area (Å²) in [6.07, 6.45) is 2.92. The molecule has 3 nitrogen and oxygen atoms in total. The van der Waals surface area contributed by atoms with Gasteiger partial charge in [-0.05, 0) is 79.8 Å². The summed E-state index contributed by atoms with van der Waals surface area (Å²) < 4.78 is 0. The summed E-state index contributed by atoms with van der Waals surface area (Å²) in [5.74, 6) is 2.17. The van der Waals surface area contributed by atoms with Gasteiger partial charge in [-0.15, -0.1) is 0 Å². The molecule has 1 aliphatic carbocycles. The first-order valence-corrected chi connectivity index (χ1v) is 10.6. The molecule has 0 bridgehead atoms. The van der Waals surface area contributed by atoms with E-state index in [1.807, 2.05) is 0 Å². The van der Waals surface area contributed by atoms with Crippen LogP contribution in [-0.4, -0.2) is 41.9 Å². The molecule has 142 valence electrons. The Bertz CT molecular complexity index is 723. The fraction of sp³-hybridized carbons (Fsp3) is 0.696. The standard InChI is InChI=1S/C23H34N2O/c1-6-24(7-2)14-19-17(5)13-23-20-11-16(4)15(3)10-18(20)8-9-25(23)22(26)12-21(19)23/h10-11,17,19,21H,6-9,12-14H2,1-5H3/t17-,19+,21-,23-/m0/s1. The third-order valence-corrected chi connectivity index (χ3v) is 7.83. The topological polar surface area (TPSA) is 23.6 Å². The van der Waals surface area contributed by atoms with Crippen LogP contribution in [0.5, 0.6) is 0 Å². The van der Waals surface area contributed by atoms with Crippen LogP contribution < -0.4 is 0 Å². The molecule has 0 aromatic heterocycles. The van der Waals surface area contributed by atoms with Gasteiger partial charge in [0.25, 0.3) is 0 Å². The van der Waals surface area contributed by atoms with Crippen LogP contribution in [0.3, 0.4) is 0 Å². The minimum absolute atomic E-state index is 0.0274. The van der Waals surface area contributed by atoms with Gasteiger partial charge in [0.05, 0.1) is 5.54 Å². The molecule has 2 fully saturated rings. The van der Waals surface area contributed by atoms with Crippen molar-refractivity contribution < 1.29 is 4.79 Å². The number of hydrogen-bond donors (Lipinski definition) is 0. The van der Waals surface area contributed by atoms with Gasteiger partial charge in [-0.3, -0.25) is 4.79 Å². The number of fused-ring (bicyclic) bond motifs is 1. The number of benzene rings is 1. The lowest BCUT2D eigenvalue weighted by Gasteiger charge is -2.45. The van der Waals surface area contributed by atoms with E-state index < -0.39 is 0 Å². The number of nitrogens with zero attached hydrogens (tertiary/aromatic N) is 2. The normalized spacial score (nSPS) is 32.8. The lowest BCUT2D eigenvalue weighted by atomic mass is 9.73. The van der Waals surface area contributed by atoms with E-state index in [2.05, 4.69) is 56.6 Å². The van der Waals surface area contributed by atoms with Crippen LogP contribution in [0.25, 0.3) is 0 Å². The van der Waals surface area contributed by atoms with Crippen molar-refractivity contribution in [3.05, 3.63) is 34.4 Å². The van der Waals surface area contributed by atoms with E-state index in [1.165, 1.54) is 22.3 Å². The molecule has 1 aromatic carbocycles. The van der Waals surface area contributed by atoms with Crippen molar-refractivity contribution >= 4 is 5.91 Å². The van der Waals surface area contributed by atoms with Crippen molar-refractivity contribution in [1.29, 1.82) is 0 Å². The predicted octanol–water partition coefficient (Wildman–Crippen LogP) is 3.90. The molecule has 1 saturated carbocycles. The first-order valence-electron chi connectivity index (χ1n) is 10.6. The van der Waals surface area contributed by atoms with E-state index in [1.54, 1.807) is 0 Å². The highest BCUT2D eigenvalue weighted by Gasteiger charge is 2.63. The smallest absolute Gasteiger partial charge is 0.223 e. The maximum absolute atomic E-state index is 13.0. The van der Waals surface area contributed by atoms with Crippen LogP contribution >= 0.6 is 0 Å². The zero-order chi connectivity index (χ0) is 18.6. The minimum Gasteiger partial charge on any atom is -0.332 e. The average molecular weight is 355 g/mol. The van der Waals surface area contributed by atoms with Gasteiger partial charge in [-0.2, -0.15) is 0 Å². The number of hydrogen-bond acceptors (Lipinski definition) is 2. The molecule has 0 unspecified atom stereocenters. The highest BCUT2D eigenvalue weighted by Crippen LogP contribution is 2.61. The van der Waals surface area contributed by atoms with Crippen molar-refractivity contribution in [1.82, 2.24) is 9.80 Å². The van der Waals surface area contributed by atoms with E-state index in [9.17, 15) is 4.79 Å². The van der Waals surface area contributed by atoms with E-state index in [0.717, 1.165) is 45.4 Å². The molecule has 26 heavy (non-hydrogen) atoms. The van der Waals surface area contributed by atoms with Crippen molar-refractivity contribution in [2.24, 2.45) is 17.8 Å². The maximum atomic E-state index is 13.0. The second kappa shape index (κ2) is 6.37. The quantitative estimate of drug-likeness (QED) is 0.819. The molecule has 1 spiro atoms. The van der Waals surface area contributed by atoms with Gasteiger partial charge in [0, 0.05) is 19.5 Å². The first kappa shape index (κ1) is 18.0. The maximum Gasteiger partial charge on any atom is 0.223 e. The molecule has 2 heterocycles. The molecule has 3 heteroatoms. The molecule has 4 atom stereocenters. The fourth-order valence-electron chi connectivity index (χ4n) is 6.28. The van der Waals surface area contributed by atoms with Crippen molar-refractivity contribution in [3.8, 4) is 0 Å². The number of amides is 1. The third-order valence-electron chi connectivity index (χ3n) is 7.83. The van der Waals surface area contributed by atoms with Gasteiger partial charge >= 0.3 is 0 Å². The molecule has 4 rings (SSSR count). The Morgan fingerprint density at radius 1 is 1.19 bits per heavy atom. The highest BCUT2D eigenvalue weighted by molar-refractivity contribution is 5.82. The Morgan fingerprint density at radius 2 is 1.88 bits per heavy atom. The van der Waals surface area contributed by atoms with E-state index in [0.29, 0.717) is 23.7 Å².